The highest BCUT2D eigenvalue weighted by Gasteiger charge is 2.08. The van der Waals surface area contributed by atoms with Crippen LogP contribution >= 0.6 is 11.6 Å². The van der Waals surface area contributed by atoms with Crippen molar-refractivity contribution in [2.24, 2.45) is 0 Å². The van der Waals surface area contributed by atoms with Crippen molar-refractivity contribution in [2.75, 3.05) is 0 Å². The number of halogens is 2. The van der Waals surface area contributed by atoms with Crippen LogP contribution in [0.5, 0.6) is 0 Å². The number of hydrogen-bond acceptors (Lipinski definition) is 2. The number of aliphatic hydroxyl groups is 1. The van der Waals surface area contributed by atoms with Crippen LogP contribution in [-0.4, -0.2) is 16.2 Å². The summed E-state index contributed by atoms with van der Waals surface area (Å²) >= 11 is 5.71. The summed E-state index contributed by atoms with van der Waals surface area (Å²) in [6.07, 6.45) is 4.93. The largest absolute Gasteiger partial charge is 0.393 e. The molecule has 1 aromatic heterocycles. The molecule has 0 bridgehead atoms. The first-order valence-corrected chi connectivity index (χ1v) is 6.54. The van der Waals surface area contributed by atoms with Crippen LogP contribution in [0.25, 0.3) is 0 Å². The van der Waals surface area contributed by atoms with Gasteiger partial charge in [0.05, 0.1) is 11.1 Å². The summed E-state index contributed by atoms with van der Waals surface area (Å²) < 4.78 is 13.0. The standard InChI is InChI=1S/C15H15ClFNO/c16-14-10-12(2-4-15(14)17)9-13(19)3-1-11-5-7-18-8-6-11/h2,4-8,10,13,19H,1,3,9H2. The zero-order valence-corrected chi connectivity index (χ0v) is 11.1. The number of nitrogens with zero attached hydrogens (tertiary/aromatic N) is 1. The van der Waals surface area contributed by atoms with Crippen LogP contribution in [0.2, 0.25) is 5.02 Å². The van der Waals surface area contributed by atoms with Gasteiger partial charge in [0.15, 0.2) is 0 Å². The van der Waals surface area contributed by atoms with Crippen LogP contribution in [-0.2, 0) is 12.8 Å². The third-order valence-corrected chi connectivity index (χ3v) is 3.26. The fraction of sp³-hybridized carbons (Fsp3) is 0.267. The van der Waals surface area contributed by atoms with E-state index in [0.717, 1.165) is 17.5 Å². The van der Waals surface area contributed by atoms with Gasteiger partial charge in [0.1, 0.15) is 5.82 Å². The van der Waals surface area contributed by atoms with Crippen molar-refractivity contribution >= 4 is 11.6 Å². The first-order valence-electron chi connectivity index (χ1n) is 6.16. The van der Waals surface area contributed by atoms with Crippen molar-refractivity contribution < 1.29 is 9.50 Å². The second kappa shape index (κ2) is 6.64. The average molecular weight is 280 g/mol. The van der Waals surface area contributed by atoms with E-state index in [2.05, 4.69) is 4.98 Å². The van der Waals surface area contributed by atoms with E-state index >= 15 is 0 Å². The lowest BCUT2D eigenvalue weighted by Gasteiger charge is -2.11. The van der Waals surface area contributed by atoms with Crippen LogP contribution in [0.1, 0.15) is 17.5 Å². The molecule has 0 amide bonds. The van der Waals surface area contributed by atoms with Gasteiger partial charge in [-0.2, -0.15) is 0 Å². The minimum atomic E-state index is -0.463. The summed E-state index contributed by atoms with van der Waals surface area (Å²) in [5.74, 6) is -0.434. The van der Waals surface area contributed by atoms with Gasteiger partial charge in [-0.15, -0.1) is 0 Å². The summed E-state index contributed by atoms with van der Waals surface area (Å²) in [7, 11) is 0. The summed E-state index contributed by atoms with van der Waals surface area (Å²) in [4.78, 5) is 3.95. The minimum Gasteiger partial charge on any atom is -0.393 e. The van der Waals surface area contributed by atoms with Crippen molar-refractivity contribution in [1.82, 2.24) is 4.98 Å². The lowest BCUT2D eigenvalue weighted by Crippen LogP contribution is -2.11. The van der Waals surface area contributed by atoms with E-state index < -0.39 is 11.9 Å². The third-order valence-electron chi connectivity index (χ3n) is 2.97. The molecule has 2 nitrogen and oxygen atoms in total. The molecule has 0 aliphatic heterocycles. The molecule has 2 aromatic rings. The lowest BCUT2D eigenvalue weighted by atomic mass is 10.0. The van der Waals surface area contributed by atoms with E-state index in [1.807, 2.05) is 12.1 Å². The van der Waals surface area contributed by atoms with Gasteiger partial charge in [-0.1, -0.05) is 17.7 Å². The molecule has 1 aromatic carbocycles. The normalized spacial score (nSPS) is 12.4. The molecule has 19 heavy (non-hydrogen) atoms. The summed E-state index contributed by atoms with van der Waals surface area (Å²) in [6, 6.07) is 8.40. The minimum absolute atomic E-state index is 0.0961. The maximum absolute atomic E-state index is 13.0. The molecule has 0 spiro atoms. The molecule has 0 aliphatic carbocycles. The van der Waals surface area contributed by atoms with Crippen molar-refractivity contribution in [1.29, 1.82) is 0 Å². The quantitative estimate of drug-likeness (QED) is 0.910. The molecule has 1 unspecified atom stereocenters. The molecule has 1 heterocycles. The highest BCUT2D eigenvalue weighted by Crippen LogP contribution is 2.18. The topological polar surface area (TPSA) is 33.1 Å². The first-order chi connectivity index (χ1) is 9.15. The Kier molecular flexibility index (Phi) is 4.88. The smallest absolute Gasteiger partial charge is 0.141 e. The predicted molar refractivity (Wildman–Crippen MR) is 73.7 cm³/mol. The SMILES string of the molecule is OC(CCc1ccncc1)Cc1ccc(F)c(Cl)c1. The Morgan fingerprint density at radius 3 is 2.58 bits per heavy atom. The Bertz CT molecular complexity index is 533. The maximum atomic E-state index is 13.0. The Balaban J connectivity index is 1.87. The first kappa shape index (κ1) is 14.0. The molecule has 0 fully saturated rings. The van der Waals surface area contributed by atoms with E-state index in [9.17, 15) is 9.50 Å². The fourth-order valence-electron chi connectivity index (χ4n) is 1.92. The Hall–Kier alpha value is -1.45. The monoisotopic (exact) mass is 279 g/mol. The molecule has 0 radical (unpaired) electrons. The average Bonchev–Trinajstić information content (AvgIpc) is 2.42. The van der Waals surface area contributed by atoms with Gasteiger partial charge in [-0.25, -0.2) is 4.39 Å². The Morgan fingerprint density at radius 1 is 1.16 bits per heavy atom. The number of aryl methyl sites for hydroxylation is 1. The van der Waals surface area contributed by atoms with Gasteiger partial charge >= 0.3 is 0 Å². The van der Waals surface area contributed by atoms with Crippen molar-refractivity contribution in [3.63, 3.8) is 0 Å². The number of rotatable bonds is 5. The van der Waals surface area contributed by atoms with Crippen LogP contribution in [0.3, 0.4) is 0 Å². The third kappa shape index (κ3) is 4.30. The summed E-state index contributed by atoms with van der Waals surface area (Å²) in [6.45, 7) is 0. The van der Waals surface area contributed by atoms with Crippen LogP contribution in [0.15, 0.2) is 42.7 Å². The van der Waals surface area contributed by atoms with Gasteiger partial charge in [0, 0.05) is 12.4 Å². The molecular weight excluding hydrogens is 265 g/mol. The molecule has 1 N–H and O–H groups in total. The molecule has 1 atom stereocenters. The van der Waals surface area contributed by atoms with Crippen LogP contribution in [0.4, 0.5) is 4.39 Å². The van der Waals surface area contributed by atoms with E-state index in [4.69, 9.17) is 11.6 Å². The van der Waals surface area contributed by atoms with Gasteiger partial charge in [0.25, 0.3) is 0 Å². The van der Waals surface area contributed by atoms with Gasteiger partial charge < -0.3 is 5.11 Å². The number of benzene rings is 1. The van der Waals surface area contributed by atoms with E-state index in [1.165, 1.54) is 6.07 Å². The molecule has 0 saturated heterocycles. The second-order valence-electron chi connectivity index (χ2n) is 4.50. The van der Waals surface area contributed by atoms with Crippen molar-refractivity contribution in [2.45, 2.75) is 25.4 Å². The zero-order valence-electron chi connectivity index (χ0n) is 10.4. The van der Waals surface area contributed by atoms with E-state index in [0.29, 0.717) is 12.8 Å². The molecule has 2 rings (SSSR count). The van der Waals surface area contributed by atoms with Crippen LogP contribution in [0, 0.1) is 5.82 Å². The predicted octanol–water partition coefficient (Wildman–Crippen LogP) is 3.41. The molecular formula is C15H15ClFNO. The molecule has 4 heteroatoms. The van der Waals surface area contributed by atoms with Crippen molar-refractivity contribution in [3.8, 4) is 0 Å². The number of aliphatic hydroxyl groups excluding tert-OH is 1. The van der Waals surface area contributed by atoms with Gasteiger partial charge in [0.2, 0.25) is 0 Å². The van der Waals surface area contributed by atoms with Crippen molar-refractivity contribution in [3.05, 3.63) is 64.7 Å². The molecule has 0 aliphatic rings. The molecule has 100 valence electrons. The Morgan fingerprint density at radius 2 is 1.89 bits per heavy atom. The summed E-state index contributed by atoms with van der Waals surface area (Å²) in [5.41, 5.74) is 1.99. The Labute approximate surface area is 116 Å². The van der Waals surface area contributed by atoms with Gasteiger partial charge in [-0.05, 0) is 54.7 Å². The highest BCUT2D eigenvalue weighted by atomic mass is 35.5. The number of hydrogen-bond donors (Lipinski definition) is 1. The fourth-order valence-corrected chi connectivity index (χ4v) is 2.13. The molecule has 0 saturated carbocycles. The number of pyridine rings is 1. The summed E-state index contributed by atoms with van der Waals surface area (Å²) in [5, 5.41) is 10.1. The van der Waals surface area contributed by atoms with E-state index in [-0.39, 0.29) is 5.02 Å². The van der Waals surface area contributed by atoms with Crippen LogP contribution < -0.4 is 0 Å². The van der Waals surface area contributed by atoms with Gasteiger partial charge in [-0.3, -0.25) is 4.98 Å². The second-order valence-corrected chi connectivity index (χ2v) is 4.91. The number of aromatic nitrogens is 1. The highest BCUT2D eigenvalue weighted by molar-refractivity contribution is 6.30. The van der Waals surface area contributed by atoms with E-state index in [1.54, 1.807) is 24.5 Å². The zero-order chi connectivity index (χ0) is 13.7. The lowest BCUT2D eigenvalue weighted by molar-refractivity contribution is 0.165. The maximum Gasteiger partial charge on any atom is 0.141 e.